The standard InChI is InChI=1S/C17H16O4/c1-2-11-20-16(18)14-9-6-10-15(12-14)21-17(19)13-7-4-3-5-8-13/h3-10,12H,2,11H2,1H3. The third-order valence-corrected chi connectivity index (χ3v) is 2.73. The molecule has 0 aliphatic carbocycles. The first-order valence-electron chi connectivity index (χ1n) is 6.75. The predicted molar refractivity (Wildman–Crippen MR) is 78.4 cm³/mol. The Morgan fingerprint density at radius 2 is 1.62 bits per heavy atom. The molecule has 0 aliphatic rings. The zero-order valence-electron chi connectivity index (χ0n) is 11.7. The monoisotopic (exact) mass is 284 g/mol. The van der Waals surface area contributed by atoms with E-state index in [2.05, 4.69) is 0 Å². The van der Waals surface area contributed by atoms with E-state index in [0.717, 1.165) is 6.42 Å². The maximum atomic E-state index is 11.9. The third-order valence-electron chi connectivity index (χ3n) is 2.73. The zero-order valence-corrected chi connectivity index (χ0v) is 11.7. The van der Waals surface area contributed by atoms with E-state index in [1.807, 2.05) is 13.0 Å². The summed E-state index contributed by atoms with van der Waals surface area (Å²) in [5, 5.41) is 0. The molecule has 0 bridgehead atoms. The van der Waals surface area contributed by atoms with Crippen molar-refractivity contribution in [1.82, 2.24) is 0 Å². The summed E-state index contributed by atoms with van der Waals surface area (Å²) in [6.07, 6.45) is 0.758. The molecule has 0 unspecified atom stereocenters. The highest BCUT2D eigenvalue weighted by Crippen LogP contribution is 2.16. The number of carbonyl (C=O) groups excluding carboxylic acids is 2. The van der Waals surface area contributed by atoms with E-state index in [4.69, 9.17) is 9.47 Å². The second-order valence-corrected chi connectivity index (χ2v) is 4.42. The lowest BCUT2D eigenvalue weighted by Gasteiger charge is -2.07. The molecule has 4 heteroatoms. The van der Waals surface area contributed by atoms with E-state index >= 15 is 0 Å². The van der Waals surface area contributed by atoms with Crippen LogP contribution in [0.2, 0.25) is 0 Å². The van der Waals surface area contributed by atoms with Crippen molar-refractivity contribution >= 4 is 11.9 Å². The Morgan fingerprint density at radius 3 is 2.33 bits per heavy atom. The van der Waals surface area contributed by atoms with Crippen LogP contribution in [0.25, 0.3) is 0 Å². The minimum Gasteiger partial charge on any atom is -0.462 e. The van der Waals surface area contributed by atoms with Gasteiger partial charge < -0.3 is 9.47 Å². The first-order chi connectivity index (χ1) is 10.2. The molecule has 0 aromatic heterocycles. The average molecular weight is 284 g/mol. The van der Waals surface area contributed by atoms with E-state index in [9.17, 15) is 9.59 Å². The van der Waals surface area contributed by atoms with E-state index in [0.29, 0.717) is 23.5 Å². The van der Waals surface area contributed by atoms with Crippen LogP contribution in [0.3, 0.4) is 0 Å². The van der Waals surface area contributed by atoms with Crippen molar-refractivity contribution in [2.75, 3.05) is 6.61 Å². The Hall–Kier alpha value is -2.62. The minimum absolute atomic E-state index is 0.315. The van der Waals surface area contributed by atoms with Gasteiger partial charge in [0.1, 0.15) is 5.75 Å². The van der Waals surface area contributed by atoms with Gasteiger partial charge in [-0.2, -0.15) is 0 Å². The SMILES string of the molecule is CCCOC(=O)c1cccc(OC(=O)c2ccccc2)c1. The molecule has 21 heavy (non-hydrogen) atoms. The molecular weight excluding hydrogens is 268 g/mol. The van der Waals surface area contributed by atoms with E-state index in [1.54, 1.807) is 42.5 Å². The van der Waals surface area contributed by atoms with Crippen molar-refractivity contribution in [2.24, 2.45) is 0 Å². The topological polar surface area (TPSA) is 52.6 Å². The summed E-state index contributed by atoms with van der Waals surface area (Å²) in [6, 6.07) is 15.1. The molecule has 0 saturated heterocycles. The lowest BCUT2D eigenvalue weighted by atomic mass is 10.2. The second-order valence-electron chi connectivity index (χ2n) is 4.42. The Kier molecular flexibility index (Phi) is 5.10. The van der Waals surface area contributed by atoms with Crippen LogP contribution >= 0.6 is 0 Å². The number of rotatable bonds is 5. The molecule has 0 spiro atoms. The van der Waals surface area contributed by atoms with Gasteiger partial charge >= 0.3 is 11.9 Å². The fourth-order valence-corrected chi connectivity index (χ4v) is 1.70. The van der Waals surface area contributed by atoms with Crippen molar-refractivity contribution in [1.29, 1.82) is 0 Å². The lowest BCUT2D eigenvalue weighted by molar-refractivity contribution is 0.0503. The Bertz CT molecular complexity index is 620. The minimum atomic E-state index is -0.463. The van der Waals surface area contributed by atoms with Crippen LogP contribution in [0.5, 0.6) is 5.75 Å². The number of hydrogen-bond acceptors (Lipinski definition) is 4. The average Bonchev–Trinajstić information content (AvgIpc) is 2.53. The summed E-state index contributed by atoms with van der Waals surface area (Å²) < 4.78 is 10.3. The number of esters is 2. The second kappa shape index (κ2) is 7.24. The Labute approximate surface area is 123 Å². The molecule has 2 rings (SSSR count). The van der Waals surface area contributed by atoms with Crippen LogP contribution in [0.15, 0.2) is 54.6 Å². The van der Waals surface area contributed by atoms with Crippen LogP contribution in [0.1, 0.15) is 34.1 Å². The highest BCUT2D eigenvalue weighted by molar-refractivity contribution is 5.92. The van der Waals surface area contributed by atoms with Crippen molar-refractivity contribution < 1.29 is 19.1 Å². The number of benzene rings is 2. The van der Waals surface area contributed by atoms with Crippen LogP contribution in [-0.4, -0.2) is 18.5 Å². The van der Waals surface area contributed by atoms with Crippen LogP contribution < -0.4 is 4.74 Å². The predicted octanol–water partition coefficient (Wildman–Crippen LogP) is 3.47. The maximum absolute atomic E-state index is 11.9. The number of ether oxygens (including phenoxy) is 2. The highest BCUT2D eigenvalue weighted by Gasteiger charge is 2.11. The fourth-order valence-electron chi connectivity index (χ4n) is 1.70. The van der Waals surface area contributed by atoms with Gasteiger partial charge in [-0.3, -0.25) is 0 Å². The molecule has 0 saturated carbocycles. The first-order valence-corrected chi connectivity index (χ1v) is 6.75. The molecule has 4 nitrogen and oxygen atoms in total. The quantitative estimate of drug-likeness (QED) is 0.623. The molecule has 0 heterocycles. The summed E-state index contributed by atoms with van der Waals surface area (Å²) >= 11 is 0. The van der Waals surface area contributed by atoms with Crippen LogP contribution in [0, 0.1) is 0 Å². The molecule has 0 aliphatic heterocycles. The van der Waals surface area contributed by atoms with Crippen molar-refractivity contribution in [3.05, 3.63) is 65.7 Å². The number of carbonyl (C=O) groups is 2. The van der Waals surface area contributed by atoms with Gasteiger partial charge in [-0.1, -0.05) is 31.2 Å². The van der Waals surface area contributed by atoms with Crippen LogP contribution in [0.4, 0.5) is 0 Å². The maximum Gasteiger partial charge on any atom is 0.343 e. The smallest absolute Gasteiger partial charge is 0.343 e. The summed E-state index contributed by atoms with van der Waals surface area (Å²) in [7, 11) is 0. The molecule has 0 atom stereocenters. The normalized spacial score (nSPS) is 9.95. The summed E-state index contributed by atoms with van der Waals surface area (Å²) in [4.78, 5) is 23.7. The van der Waals surface area contributed by atoms with Gasteiger partial charge in [0, 0.05) is 0 Å². The summed E-state index contributed by atoms with van der Waals surface area (Å²) in [5.74, 6) is -0.570. The van der Waals surface area contributed by atoms with Gasteiger partial charge in [-0.05, 0) is 36.8 Å². The summed E-state index contributed by atoms with van der Waals surface area (Å²) in [6.45, 7) is 2.29. The van der Waals surface area contributed by atoms with E-state index < -0.39 is 11.9 Å². The van der Waals surface area contributed by atoms with Gasteiger partial charge in [-0.15, -0.1) is 0 Å². The molecule has 2 aromatic carbocycles. The van der Waals surface area contributed by atoms with E-state index in [-0.39, 0.29) is 0 Å². The van der Waals surface area contributed by atoms with Crippen molar-refractivity contribution in [2.45, 2.75) is 13.3 Å². The number of hydrogen-bond donors (Lipinski definition) is 0. The summed E-state index contributed by atoms with van der Waals surface area (Å²) in [5.41, 5.74) is 0.818. The fraction of sp³-hybridized carbons (Fsp3) is 0.176. The Balaban J connectivity index is 2.07. The lowest BCUT2D eigenvalue weighted by Crippen LogP contribution is -2.10. The van der Waals surface area contributed by atoms with Gasteiger partial charge in [0.25, 0.3) is 0 Å². The first kappa shape index (κ1) is 14.8. The van der Waals surface area contributed by atoms with E-state index in [1.165, 1.54) is 6.07 Å². The van der Waals surface area contributed by atoms with Gasteiger partial charge in [-0.25, -0.2) is 9.59 Å². The van der Waals surface area contributed by atoms with Gasteiger partial charge in [0.05, 0.1) is 17.7 Å². The van der Waals surface area contributed by atoms with Crippen molar-refractivity contribution in [3.63, 3.8) is 0 Å². The Morgan fingerprint density at radius 1 is 0.905 bits per heavy atom. The molecule has 2 aromatic rings. The van der Waals surface area contributed by atoms with Gasteiger partial charge in [0.2, 0.25) is 0 Å². The van der Waals surface area contributed by atoms with Crippen molar-refractivity contribution in [3.8, 4) is 5.75 Å². The molecule has 0 N–H and O–H groups in total. The van der Waals surface area contributed by atoms with Gasteiger partial charge in [0.15, 0.2) is 0 Å². The molecule has 0 radical (unpaired) electrons. The third kappa shape index (κ3) is 4.18. The molecule has 0 fully saturated rings. The molecule has 0 amide bonds. The largest absolute Gasteiger partial charge is 0.462 e. The molecule has 108 valence electrons. The highest BCUT2D eigenvalue weighted by atomic mass is 16.5. The van der Waals surface area contributed by atoms with Crippen LogP contribution in [-0.2, 0) is 4.74 Å². The zero-order chi connectivity index (χ0) is 15.1. The molecular formula is C17H16O4.